The van der Waals surface area contributed by atoms with Gasteiger partial charge in [-0.25, -0.2) is 0 Å². The Morgan fingerprint density at radius 2 is 2.22 bits per heavy atom. The molecule has 1 aliphatic heterocycles. The topological polar surface area (TPSA) is 49.4 Å². The van der Waals surface area contributed by atoms with E-state index in [1.54, 1.807) is 4.90 Å². The van der Waals surface area contributed by atoms with Crippen molar-refractivity contribution in [2.75, 3.05) is 13.1 Å². The second kappa shape index (κ2) is 7.05. The summed E-state index contributed by atoms with van der Waals surface area (Å²) in [5, 5.41) is 2.81. The van der Waals surface area contributed by atoms with E-state index in [-0.39, 0.29) is 17.9 Å². The lowest BCUT2D eigenvalue weighted by molar-refractivity contribution is -0.134. The van der Waals surface area contributed by atoms with Gasteiger partial charge in [-0.15, -0.1) is 12.3 Å². The Morgan fingerprint density at radius 3 is 2.83 bits per heavy atom. The number of nitrogens with zero attached hydrogens (tertiary/aromatic N) is 1. The van der Waals surface area contributed by atoms with Crippen LogP contribution in [0.4, 0.5) is 0 Å². The van der Waals surface area contributed by atoms with Gasteiger partial charge in [-0.3, -0.25) is 9.59 Å². The average Bonchev–Trinajstić information content (AvgIpc) is 2.42. The summed E-state index contributed by atoms with van der Waals surface area (Å²) in [6, 6.07) is -0.370. The fourth-order valence-corrected chi connectivity index (χ4v) is 2.12. The molecule has 0 spiro atoms. The first-order valence-electron chi connectivity index (χ1n) is 6.56. The molecule has 18 heavy (non-hydrogen) atoms. The summed E-state index contributed by atoms with van der Waals surface area (Å²) in [4.78, 5) is 25.6. The molecule has 1 unspecified atom stereocenters. The standard InChI is InChI=1S/C14H22N2O2/c1-4-5-6-8-16-9-7-13(17)15-12(14(16)18)10-11(2)3/h1,11-12H,5-10H2,2-3H3,(H,15,17). The summed E-state index contributed by atoms with van der Waals surface area (Å²) in [5.74, 6) is 2.95. The molecule has 1 N–H and O–H groups in total. The van der Waals surface area contributed by atoms with Gasteiger partial charge in [0.2, 0.25) is 11.8 Å². The summed E-state index contributed by atoms with van der Waals surface area (Å²) >= 11 is 0. The molecule has 0 aromatic carbocycles. The molecule has 1 rings (SSSR count). The van der Waals surface area contributed by atoms with Crippen molar-refractivity contribution in [2.24, 2.45) is 5.92 Å². The fraction of sp³-hybridized carbons (Fsp3) is 0.714. The Hall–Kier alpha value is -1.50. The van der Waals surface area contributed by atoms with Crippen LogP contribution in [-0.2, 0) is 9.59 Å². The van der Waals surface area contributed by atoms with Gasteiger partial charge in [0.15, 0.2) is 0 Å². The summed E-state index contributed by atoms with van der Waals surface area (Å²) in [6.07, 6.45) is 7.74. The van der Waals surface area contributed by atoms with E-state index in [1.807, 2.05) is 13.8 Å². The Labute approximate surface area is 109 Å². The largest absolute Gasteiger partial charge is 0.344 e. The summed E-state index contributed by atoms with van der Waals surface area (Å²) in [6.45, 7) is 5.25. The zero-order chi connectivity index (χ0) is 13.5. The molecule has 0 saturated carbocycles. The Balaban J connectivity index is 2.64. The van der Waals surface area contributed by atoms with Crippen LogP contribution >= 0.6 is 0 Å². The van der Waals surface area contributed by atoms with Crippen LogP contribution in [0.3, 0.4) is 0 Å². The summed E-state index contributed by atoms with van der Waals surface area (Å²) in [5.41, 5.74) is 0. The molecular weight excluding hydrogens is 228 g/mol. The predicted octanol–water partition coefficient (Wildman–Crippen LogP) is 1.16. The van der Waals surface area contributed by atoms with E-state index in [9.17, 15) is 9.59 Å². The molecule has 4 nitrogen and oxygen atoms in total. The number of amides is 2. The molecular formula is C14H22N2O2. The predicted molar refractivity (Wildman–Crippen MR) is 70.6 cm³/mol. The molecule has 1 fully saturated rings. The van der Waals surface area contributed by atoms with E-state index < -0.39 is 0 Å². The molecule has 1 atom stereocenters. The maximum atomic E-state index is 12.3. The monoisotopic (exact) mass is 250 g/mol. The number of rotatable bonds is 5. The van der Waals surface area contributed by atoms with Gasteiger partial charge in [-0.1, -0.05) is 13.8 Å². The quantitative estimate of drug-likeness (QED) is 0.588. The first-order valence-corrected chi connectivity index (χ1v) is 6.56. The lowest BCUT2D eigenvalue weighted by atomic mass is 10.0. The molecule has 0 aromatic rings. The van der Waals surface area contributed by atoms with Crippen molar-refractivity contribution < 1.29 is 9.59 Å². The molecule has 4 heteroatoms. The third-order valence-corrected chi connectivity index (χ3v) is 3.01. The molecule has 1 heterocycles. The first kappa shape index (κ1) is 14.6. The third kappa shape index (κ3) is 4.40. The van der Waals surface area contributed by atoms with Crippen LogP contribution in [0.25, 0.3) is 0 Å². The molecule has 1 aliphatic rings. The number of carbonyl (C=O) groups excluding carboxylic acids is 2. The highest BCUT2D eigenvalue weighted by molar-refractivity contribution is 5.89. The maximum Gasteiger partial charge on any atom is 0.245 e. The van der Waals surface area contributed by atoms with Crippen molar-refractivity contribution in [2.45, 2.75) is 45.6 Å². The summed E-state index contributed by atoms with van der Waals surface area (Å²) < 4.78 is 0. The van der Waals surface area contributed by atoms with Crippen molar-refractivity contribution in [1.29, 1.82) is 0 Å². The zero-order valence-corrected chi connectivity index (χ0v) is 11.2. The lowest BCUT2D eigenvalue weighted by Crippen LogP contribution is -2.45. The van der Waals surface area contributed by atoms with E-state index in [0.717, 1.165) is 6.42 Å². The normalized spacial score (nSPS) is 20.6. The molecule has 0 bridgehead atoms. The number of hydrogen-bond donors (Lipinski definition) is 1. The van der Waals surface area contributed by atoms with Crippen molar-refractivity contribution in [3.8, 4) is 12.3 Å². The average molecular weight is 250 g/mol. The van der Waals surface area contributed by atoms with E-state index in [2.05, 4.69) is 11.2 Å². The van der Waals surface area contributed by atoms with E-state index in [4.69, 9.17) is 6.42 Å². The van der Waals surface area contributed by atoms with Gasteiger partial charge in [0.25, 0.3) is 0 Å². The van der Waals surface area contributed by atoms with Crippen LogP contribution in [0, 0.1) is 18.3 Å². The minimum absolute atomic E-state index is 0.0338. The Morgan fingerprint density at radius 1 is 1.50 bits per heavy atom. The van der Waals surface area contributed by atoms with Gasteiger partial charge in [0.1, 0.15) is 6.04 Å². The van der Waals surface area contributed by atoms with Crippen LogP contribution in [0.2, 0.25) is 0 Å². The summed E-state index contributed by atoms with van der Waals surface area (Å²) in [7, 11) is 0. The Kier molecular flexibility index (Phi) is 5.70. The van der Waals surface area contributed by atoms with E-state index >= 15 is 0 Å². The van der Waals surface area contributed by atoms with E-state index in [0.29, 0.717) is 38.3 Å². The van der Waals surface area contributed by atoms with Crippen LogP contribution in [0.5, 0.6) is 0 Å². The zero-order valence-electron chi connectivity index (χ0n) is 11.2. The highest BCUT2D eigenvalue weighted by Crippen LogP contribution is 2.12. The van der Waals surface area contributed by atoms with Gasteiger partial charge in [0.05, 0.1) is 0 Å². The minimum atomic E-state index is -0.370. The van der Waals surface area contributed by atoms with Crippen LogP contribution in [0.1, 0.15) is 39.5 Å². The molecule has 0 radical (unpaired) electrons. The van der Waals surface area contributed by atoms with Gasteiger partial charge in [-0.05, 0) is 18.8 Å². The van der Waals surface area contributed by atoms with Crippen molar-refractivity contribution in [3.63, 3.8) is 0 Å². The number of nitrogens with one attached hydrogen (secondary N) is 1. The van der Waals surface area contributed by atoms with Crippen LogP contribution < -0.4 is 5.32 Å². The number of carbonyl (C=O) groups is 2. The number of terminal acetylenes is 1. The highest BCUT2D eigenvalue weighted by atomic mass is 16.2. The molecule has 100 valence electrons. The molecule has 0 aliphatic carbocycles. The first-order chi connectivity index (χ1) is 8.54. The van der Waals surface area contributed by atoms with Crippen LogP contribution in [-0.4, -0.2) is 35.8 Å². The molecule has 0 aromatic heterocycles. The van der Waals surface area contributed by atoms with Gasteiger partial charge in [0, 0.05) is 25.9 Å². The van der Waals surface area contributed by atoms with Gasteiger partial charge < -0.3 is 10.2 Å². The smallest absolute Gasteiger partial charge is 0.245 e. The lowest BCUT2D eigenvalue weighted by Gasteiger charge is -2.24. The SMILES string of the molecule is C#CCCCN1CCC(=O)NC(CC(C)C)C1=O. The highest BCUT2D eigenvalue weighted by Gasteiger charge is 2.29. The fourth-order valence-electron chi connectivity index (χ4n) is 2.12. The molecule has 2 amide bonds. The second-order valence-corrected chi connectivity index (χ2v) is 5.13. The van der Waals surface area contributed by atoms with Crippen LogP contribution in [0.15, 0.2) is 0 Å². The van der Waals surface area contributed by atoms with Crippen molar-refractivity contribution >= 4 is 11.8 Å². The van der Waals surface area contributed by atoms with Crippen molar-refractivity contribution in [3.05, 3.63) is 0 Å². The van der Waals surface area contributed by atoms with Gasteiger partial charge in [-0.2, -0.15) is 0 Å². The van der Waals surface area contributed by atoms with Gasteiger partial charge >= 0.3 is 0 Å². The second-order valence-electron chi connectivity index (χ2n) is 5.13. The third-order valence-electron chi connectivity index (χ3n) is 3.01. The number of unbranched alkanes of at least 4 members (excludes halogenated alkanes) is 1. The minimum Gasteiger partial charge on any atom is -0.344 e. The number of hydrogen-bond acceptors (Lipinski definition) is 2. The van der Waals surface area contributed by atoms with E-state index in [1.165, 1.54) is 0 Å². The van der Waals surface area contributed by atoms with Crippen molar-refractivity contribution in [1.82, 2.24) is 10.2 Å². The molecule has 1 saturated heterocycles. The maximum absolute atomic E-state index is 12.3. The Bertz CT molecular complexity index is 344.